The summed E-state index contributed by atoms with van der Waals surface area (Å²) < 4.78 is 3.01. The summed E-state index contributed by atoms with van der Waals surface area (Å²) in [5.74, 6) is 0. The highest BCUT2D eigenvalue weighted by molar-refractivity contribution is 9.14. The van der Waals surface area contributed by atoms with Gasteiger partial charge >= 0.3 is 0 Å². The van der Waals surface area contributed by atoms with E-state index in [-0.39, 0.29) is 13.1 Å². The largest absolute Gasteiger partial charge is 0.235 e. The van der Waals surface area contributed by atoms with Gasteiger partial charge in [0.05, 0.1) is 13.1 Å². The molecular formula is C10H4Br4N2O2. The van der Waals surface area contributed by atoms with Gasteiger partial charge in [-0.3, -0.25) is 0 Å². The Balaban J connectivity index is 3.47. The third-order valence-corrected chi connectivity index (χ3v) is 6.61. The molecule has 0 N–H and O–H groups in total. The molecule has 0 aromatic heterocycles. The first kappa shape index (κ1) is 16.0. The van der Waals surface area contributed by atoms with Gasteiger partial charge in [-0.15, -0.1) is 0 Å². The van der Waals surface area contributed by atoms with E-state index in [0.717, 1.165) is 29.0 Å². The molecule has 0 unspecified atom stereocenters. The van der Waals surface area contributed by atoms with Crippen molar-refractivity contribution in [2.24, 2.45) is 9.98 Å². The van der Waals surface area contributed by atoms with E-state index in [2.05, 4.69) is 73.7 Å². The van der Waals surface area contributed by atoms with Crippen LogP contribution in [0.5, 0.6) is 0 Å². The molecule has 0 atom stereocenters. The van der Waals surface area contributed by atoms with Crippen LogP contribution < -0.4 is 0 Å². The number of rotatable bonds is 4. The van der Waals surface area contributed by atoms with E-state index < -0.39 is 0 Å². The van der Waals surface area contributed by atoms with Crippen molar-refractivity contribution in [3.63, 3.8) is 0 Å². The number of halogens is 4. The van der Waals surface area contributed by atoms with Crippen molar-refractivity contribution in [1.82, 2.24) is 0 Å². The normalized spacial score (nSPS) is 9.56. The molecule has 0 saturated heterocycles. The molecule has 0 saturated carbocycles. The zero-order valence-electron chi connectivity index (χ0n) is 8.64. The molecule has 1 aromatic carbocycles. The predicted molar refractivity (Wildman–Crippen MR) is 80.9 cm³/mol. The summed E-state index contributed by atoms with van der Waals surface area (Å²) in [7, 11) is 0. The Kier molecular flexibility index (Phi) is 6.63. The maximum Gasteiger partial charge on any atom is 0.235 e. The fourth-order valence-corrected chi connectivity index (χ4v) is 4.20. The molecular weight excluding hydrogens is 500 g/mol. The summed E-state index contributed by atoms with van der Waals surface area (Å²) >= 11 is 13.6. The molecule has 0 aliphatic heterocycles. The Morgan fingerprint density at radius 1 is 0.722 bits per heavy atom. The summed E-state index contributed by atoms with van der Waals surface area (Å²) in [5.41, 5.74) is 1.54. The van der Waals surface area contributed by atoms with Crippen LogP contribution in [0.25, 0.3) is 0 Å². The van der Waals surface area contributed by atoms with Gasteiger partial charge in [0.2, 0.25) is 12.2 Å². The first-order valence-electron chi connectivity index (χ1n) is 4.45. The van der Waals surface area contributed by atoms with Crippen LogP contribution in [0.4, 0.5) is 0 Å². The van der Waals surface area contributed by atoms with Crippen LogP contribution >= 0.6 is 63.7 Å². The van der Waals surface area contributed by atoms with Crippen LogP contribution in [0.2, 0.25) is 0 Å². The Hall–Kier alpha value is -0.100. The first-order valence-corrected chi connectivity index (χ1v) is 7.62. The topological polar surface area (TPSA) is 58.9 Å². The molecule has 4 nitrogen and oxygen atoms in total. The summed E-state index contributed by atoms with van der Waals surface area (Å²) in [5, 5.41) is 0. The van der Waals surface area contributed by atoms with Crippen molar-refractivity contribution in [2.75, 3.05) is 0 Å². The van der Waals surface area contributed by atoms with E-state index in [1.165, 1.54) is 12.2 Å². The number of nitrogens with zero attached hydrogens (tertiary/aromatic N) is 2. The van der Waals surface area contributed by atoms with E-state index in [4.69, 9.17) is 0 Å². The Morgan fingerprint density at radius 2 is 1.11 bits per heavy atom. The van der Waals surface area contributed by atoms with Gasteiger partial charge in [-0.1, -0.05) is 15.9 Å². The molecule has 0 bridgehead atoms. The van der Waals surface area contributed by atoms with Gasteiger partial charge in [-0.2, -0.15) is 0 Å². The van der Waals surface area contributed by atoms with Crippen molar-refractivity contribution < 1.29 is 9.59 Å². The number of aliphatic imine (C=N–C) groups is 2. The molecule has 0 aliphatic carbocycles. The Bertz CT molecular complexity index is 529. The van der Waals surface area contributed by atoms with E-state index >= 15 is 0 Å². The highest BCUT2D eigenvalue weighted by Gasteiger charge is 2.18. The molecule has 0 amide bonds. The lowest BCUT2D eigenvalue weighted by Crippen LogP contribution is -1.96. The molecule has 94 valence electrons. The minimum atomic E-state index is 0.175. The molecule has 1 aromatic rings. The number of hydrogen-bond acceptors (Lipinski definition) is 4. The maximum atomic E-state index is 10.2. The molecule has 0 fully saturated rings. The van der Waals surface area contributed by atoms with Gasteiger partial charge in [0.1, 0.15) is 0 Å². The van der Waals surface area contributed by atoms with Gasteiger partial charge < -0.3 is 0 Å². The molecule has 8 heteroatoms. The predicted octanol–water partition coefficient (Wildman–Crippen LogP) is 4.41. The van der Waals surface area contributed by atoms with Crippen LogP contribution in [0.3, 0.4) is 0 Å². The zero-order valence-corrected chi connectivity index (χ0v) is 15.0. The molecule has 0 heterocycles. The minimum Gasteiger partial charge on any atom is -0.211 e. The quantitative estimate of drug-likeness (QED) is 0.265. The SMILES string of the molecule is O=C=NCc1c(Br)c(Br)c(Br)c(CN=C=O)c1Br. The lowest BCUT2D eigenvalue weighted by Gasteiger charge is -2.13. The van der Waals surface area contributed by atoms with Crippen LogP contribution in [0, 0.1) is 0 Å². The van der Waals surface area contributed by atoms with Gasteiger partial charge in [0, 0.05) is 29.0 Å². The lowest BCUT2D eigenvalue weighted by atomic mass is 10.1. The lowest BCUT2D eigenvalue weighted by molar-refractivity contribution is 0.562. The summed E-state index contributed by atoms with van der Waals surface area (Å²) in [6.45, 7) is 0.350. The summed E-state index contributed by atoms with van der Waals surface area (Å²) in [6.07, 6.45) is 2.98. The third-order valence-electron chi connectivity index (χ3n) is 2.05. The number of benzene rings is 1. The second kappa shape index (κ2) is 7.48. The molecule has 0 spiro atoms. The summed E-state index contributed by atoms with van der Waals surface area (Å²) in [6, 6.07) is 0. The molecule has 0 radical (unpaired) electrons. The number of isocyanates is 2. The van der Waals surface area contributed by atoms with Crippen molar-refractivity contribution in [3.8, 4) is 0 Å². The van der Waals surface area contributed by atoms with Gasteiger partial charge in [-0.25, -0.2) is 19.6 Å². The molecule has 0 aliphatic rings. The van der Waals surface area contributed by atoms with Gasteiger partial charge in [0.25, 0.3) is 0 Å². The van der Waals surface area contributed by atoms with Crippen molar-refractivity contribution in [2.45, 2.75) is 13.1 Å². The van der Waals surface area contributed by atoms with Crippen molar-refractivity contribution >= 4 is 75.9 Å². The monoisotopic (exact) mass is 500 g/mol. The zero-order chi connectivity index (χ0) is 13.7. The van der Waals surface area contributed by atoms with E-state index in [1.807, 2.05) is 0 Å². The number of carbonyl (C=O) groups excluding carboxylic acids is 2. The van der Waals surface area contributed by atoms with Crippen molar-refractivity contribution in [1.29, 1.82) is 0 Å². The molecule has 18 heavy (non-hydrogen) atoms. The third kappa shape index (κ3) is 3.47. The second-order valence-electron chi connectivity index (χ2n) is 3.03. The van der Waals surface area contributed by atoms with Crippen LogP contribution in [0.1, 0.15) is 11.1 Å². The van der Waals surface area contributed by atoms with Crippen LogP contribution in [0.15, 0.2) is 27.9 Å². The van der Waals surface area contributed by atoms with E-state index in [1.54, 1.807) is 0 Å². The fourth-order valence-electron chi connectivity index (χ4n) is 1.24. The minimum absolute atomic E-state index is 0.175. The maximum absolute atomic E-state index is 10.2. The average molecular weight is 504 g/mol. The van der Waals surface area contributed by atoms with Crippen LogP contribution in [-0.4, -0.2) is 12.2 Å². The second-order valence-corrected chi connectivity index (χ2v) is 6.20. The van der Waals surface area contributed by atoms with E-state index in [9.17, 15) is 9.59 Å². The standard InChI is InChI=1S/C10H4Br4N2O2/c11-7-5(1-15-3-17)8(12)10(14)9(13)6(7)2-16-4-18/h1-2H2. The highest BCUT2D eigenvalue weighted by atomic mass is 79.9. The van der Waals surface area contributed by atoms with Crippen LogP contribution in [-0.2, 0) is 22.7 Å². The van der Waals surface area contributed by atoms with Gasteiger partial charge in [0.15, 0.2) is 0 Å². The highest BCUT2D eigenvalue weighted by Crippen LogP contribution is 2.42. The fraction of sp³-hybridized carbons (Fsp3) is 0.200. The molecule has 1 rings (SSSR count). The summed E-state index contributed by atoms with van der Waals surface area (Å²) in [4.78, 5) is 27.5. The van der Waals surface area contributed by atoms with Crippen molar-refractivity contribution in [3.05, 3.63) is 29.0 Å². The Morgan fingerprint density at radius 3 is 1.44 bits per heavy atom. The average Bonchev–Trinajstić information content (AvgIpc) is 2.36. The number of hydrogen-bond donors (Lipinski definition) is 0. The first-order chi connectivity index (χ1) is 8.54. The van der Waals surface area contributed by atoms with Gasteiger partial charge in [-0.05, 0) is 47.8 Å². The smallest absolute Gasteiger partial charge is 0.211 e. The Labute approximate surface area is 136 Å². The van der Waals surface area contributed by atoms with E-state index in [0.29, 0.717) is 0 Å².